The fourth-order valence-electron chi connectivity index (χ4n) is 3.48. The molecule has 0 aliphatic carbocycles. The zero-order chi connectivity index (χ0) is 21.8. The number of carbonyl (C=O) groups is 1. The summed E-state index contributed by atoms with van der Waals surface area (Å²) in [6, 6.07) is 13.5. The molecule has 6 heteroatoms. The summed E-state index contributed by atoms with van der Waals surface area (Å²) in [6.45, 7) is 8.39. The minimum Gasteiger partial charge on any atom is -0.496 e. The van der Waals surface area contributed by atoms with Crippen molar-refractivity contribution in [3.63, 3.8) is 0 Å². The van der Waals surface area contributed by atoms with E-state index in [0.29, 0.717) is 17.2 Å². The molecule has 3 aromatic rings. The molecule has 3 rings (SSSR count). The number of hydrogen-bond donors (Lipinski definition) is 0. The number of esters is 1. The zero-order valence-corrected chi connectivity index (χ0v) is 18.4. The molecule has 30 heavy (non-hydrogen) atoms. The second-order valence-corrected chi connectivity index (χ2v) is 7.30. The van der Waals surface area contributed by atoms with Crippen LogP contribution in [0, 0.1) is 6.92 Å². The predicted molar refractivity (Wildman–Crippen MR) is 117 cm³/mol. The van der Waals surface area contributed by atoms with Gasteiger partial charge in [0, 0.05) is 0 Å². The highest BCUT2D eigenvalue weighted by Gasteiger charge is 2.24. The molecule has 0 amide bonds. The lowest BCUT2D eigenvalue weighted by Crippen LogP contribution is -2.09. The second kappa shape index (κ2) is 9.03. The minimum absolute atomic E-state index is 0.232. The highest BCUT2D eigenvalue weighted by Crippen LogP contribution is 2.40. The number of hydrogen-bond acceptors (Lipinski definition) is 5. The number of rotatable bonds is 7. The molecule has 1 heterocycles. The number of benzene rings is 2. The third kappa shape index (κ3) is 4.03. The molecule has 6 nitrogen and oxygen atoms in total. The van der Waals surface area contributed by atoms with Crippen molar-refractivity contribution in [2.24, 2.45) is 0 Å². The first-order chi connectivity index (χ1) is 14.4. The summed E-state index contributed by atoms with van der Waals surface area (Å²) in [4.78, 5) is 12.5. The van der Waals surface area contributed by atoms with Gasteiger partial charge in [0.1, 0.15) is 11.5 Å². The Bertz CT molecular complexity index is 1030. The van der Waals surface area contributed by atoms with Crippen LogP contribution >= 0.6 is 0 Å². The molecule has 158 valence electrons. The number of aromatic nitrogens is 2. The van der Waals surface area contributed by atoms with Crippen LogP contribution in [0.5, 0.6) is 11.5 Å². The van der Waals surface area contributed by atoms with E-state index >= 15 is 0 Å². The van der Waals surface area contributed by atoms with E-state index < -0.39 is 5.97 Å². The van der Waals surface area contributed by atoms with Crippen molar-refractivity contribution in [1.29, 1.82) is 0 Å². The third-order valence-electron chi connectivity index (χ3n) is 4.91. The maximum atomic E-state index is 12.5. The maximum Gasteiger partial charge on any atom is 0.358 e. The van der Waals surface area contributed by atoms with E-state index in [1.807, 2.05) is 30.3 Å². The summed E-state index contributed by atoms with van der Waals surface area (Å²) in [5.41, 5.74) is 4.84. The largest absolute Gasteiger partial charge is 0.496 e. The Morgan fingerprint density at radius 3 is 2.30 bits per heavy atom. The molecule has 0 fully saturated rings. The average molecular weight is 408 g/mol. The summed E-state index contributed by atoms with van der Waals surface area (Å²) in [6.07, 6.45) is 0. The first-order valence-corrected chi connectivity index (χ1v) is 10.0. The van der Waals surface area contributed by atoms with Crippen molar-refractivity contribution in [1.82, 2.24) is 9.78 Å². The molecule has 0 N–H and O–H groups in total. The van der Waals surface area contributed by atoms with Gasteiger partial charge in [-0.1, -0.05) is 37.6 Å². The molecule has 0 saturated carbocycles. The molecule has 0 saturated heterocycles. The van der Waals surface area contributed by atoms with Crippen LogP contribution in [0.15, 0.2) is 42.5 Å². The lowest BCUT2D eigenvalue weighted by molar-refractivity contribution is 0.0519. The van der Waals surface area contributed by atoms with E-state index in [2.05, 4.69) is 31.9 Å². The van der Waals surface area contributed by atoms with Gasteiger partial charge in [0.15, 0.2) is 5.69 Å². The Kier molecular flexibility index (Phi) is 6.45. The lowest BCUT2D eigenvalue weighted by atomic mass is 9.98. The van der Waals surface area contributed by atoms with Gasteiger partial charge in [-0.2, -0.15) is 5.10 Å². The van der Waals surface area contributed by atoms with Crippen LogP contribution in [0.25, 0.3) is 16.9 Å². The number of aryl methyl sites for hydroxylation is 1. The zero-order valence-electron chi connectivity index (χ0n) is 18.4. The van der Waals surface area contributed by atoms with E-state index in [9.17, 15) is 4.79 Å². The number of nitrogens with zero attached hydrogens (tertiary/aromatic N) is 2. The molecular formula is C24H28N2O4. The fraction of sp³-hybridized carbons (Fsp3) is 0.333. The van der Waals surface area contributed by atoms with Crippen LogP contribution in [0.1, 0.15) is 48.3 Å². The van der Waals surface area contributed by atoms with Crippen LogP contribution in [0.4, 0.5) is 0 Å². The summed E-state index contributed by atoms with van der Waals surface area (Å²) >= 11 is 0. The van der Waals surface area contributed by atoms with E-state index in [4.69, 9.17) is 14.2 Å². The van der Waals surface area contributed by atoms with Crippen molar-refractivity contribution in [3.05, 3.63) is 59.3 Å². The maximum absolute atomic E-state index is 12.5. The van der Waals surface area contributed by atoms with Gasteiger partial charge in [0.2, 0.25) is 0 Å². The molecule has 0 radical (unpaired) electrons. The molecule has 0 aliphatic rings. The Hall–Kier alpha value is -3.28. The van der Waals surface area contributed by atoms with E-state index in [0.717, 1.165) is 22.4 Å². The summed E-state index contributed by atoms with van der Waals surface area (Å²) in [5, 5.41) is 4.63. The third-order valence-corrected chi connectivity index (χ3v) is 4.91. The normalized spacial score (nSPS) is 10.9. The van der Waals surface area contributed by atoms with Gasteiger partial charge in [0.25, 0.3) is 0 Å². The van der Waals surface area contributed by atoms with E-state index in [-0.39, 0.29) is 18.2 Å². The molecular weight excluding hydrogens is 380 g/mol. The standard InChI is InChI=1S/C24H28N2O4/c1-7-30-24(27)18-14-20(23-21(28-5)9-8-10-22(23)29-6)26(25-18)19-12-11-16(4)13-17(19)15(2)3/h8-15H,7H2,1-6H3. The van der Waals surface area contributed by atoms with Crippen molar-refractivity contribution in [3.8, 4) is 28.4 Å². The van der Waals surface area contributed by atoms with Gasteiger partial charge in [0.05, 0.1) is 37.8 Å². The average Bonchev–Trinajstić information content (AvgIpc) is 3.18. The van der Waals surface area contributed by atoms with Gasteiger partial charge in [-0.05, 0) is 49.6 Å². The first kappa shape index (κ1) is 21.4. The van der Waals surface area contributed by atoms with Crippen LogP contribution < -0.4 is 9.47 Å². The molecule has 0 aliphatic heterocycles. The van der Waals surface area contributed by atoms with Crippen molar-refractivity contribution in [2.75, 3.05) is 20.8 Å². The van der Waals surface area contributed by atoms with Gasteiger partial charge < -0.3 is 14.2 Å². The number of ether oxygens (including phenoxy) is 3. The number of methoxy groups -OCH3 is 2. The summed E-state index contributed by atoms with van der Waals surface area (Å²) in [7, 11) is 3.22. The summed E-state index contributed by atoms with van der Waals surface area (Å²) in [5.74, 6) is 1.06. The Balaban J connectivity index is 2.34. The van der Waals surface area contributed by atoms with E-state index in [1.54, 1.807) is 31.9 Å². The van der Waals surface area contributed by atoms with Crippen LogP contribution in [-0.2, 0) is 4.74 Å². The highest BCUT2D eigenvalue weighted by molar-refractivity contribution is 5.90. The van der Waals surface area contributed by atoms with Crippen molar-refractivity contribution >= 4 is 5.97 Å². The molecule has 0 spiro atoms. The topological polar surface area (TPSA) is 62.6 Å². The number of carbonyl (C=O) groups excluding carboxylic acids is 1. The van der Waals surface area contributed by atoms with Gasteiger partial charge in [-0.15, -0.1) is 0 Å². The van der Waals surface area contributed by atoms with Gasteiger partial charge in [-0.3, -0.25) is 0 Å². The second-order valence-electron chi connectivity index (χ2n) is 7.30. The van der Waals surface area contributed by atoms with Crippen LogP contribution in [-0.4, -0.2) is 36.6 Å². The molecule has 0 unspecified atom stereocenters. The van der Waals surface area contributed by atoms with Crippen LogP contribution in [0.2, 0.25) is 0 Å². The Labute approximate surface area is 177 Å². The Morgan fingerprint density at radius 1 is 1.07 bits per heavy atom. The first-order valence-electron chi connectivity index (χ1n) is 10.0. The monoisotopic (exact) mass is 408 g/mol. The molecule has 0 bridgehead atoms. The van der Waals surface area contributed by atoms with Crippen molar-refractivity contribution < 1.29 is 19.0 Å². The molecule has 2 aromatic carbocycles. The smallest absolute Gasteiger partial charge is 0.358 e. The van der Waals surface area contributed by atoms with Crippen molar-refractivity contribution in [2.45, 2.75) is 33.6 Å². The fourth-order valence-corrected chi connectivity index (χ4v) is 3.48. The molecule has 1 aromatic heterocycles. The summed E-state index contributed by atoms with van der Waals surface area (Å²) < 4.78 is 18.2. The van der Waals surface area contributed by atoms with Gasteiger partial charge >= 0.3 is 5.97 Å². The highest BCUT2D eigenvalue weighted by atomic mass is 16.5. The minimum atomic E-state index is -0.468. The lowest BCUT2D eigenvalue weighted by Gasteiger charge is -2.18. The van der Waals surface area contributed by atoms with E-state index in [1.165, 1.54) is 0 Å². The Morgan fingerprint density at radius 2 is 1.73 bits per heavy atom. The van der Waals surface area contributed by atoms with Gasteiger partial charge in [-0.25, -0.2) is 9.48 Å². The molecule has 0 atom stereocenters. The quantitative estimate of drug-likeness (QED) is 0.505. The van der Waals surface area contributed by atoms with Crippen LogP contribution in [0.3, 0.4) is 0 Å². The predicted octanol–water partition coefficient (Wildman–Crippen LogP) is 5.17. The SMILES string of the molecule is CCOC(=O)c1cc(-c2c(OC)cccc2OC)n(-c2ccc(C)cc2C(C)C)n1.